The van der Waals surface area contributed by atoms with Crippen LogP contribution in [0.1, 0.15) is 23.5 Å². The molecule has 0 saturated heterocycles. The summed E-state index contributed by atoms with van der Waals surface area (Å²) in [6.45, 7) is 3.00. The zero-order valence-electron chi connectivity index (χ0n) is 12.1. The van der Waals surface area contributed by atoms with Gasteiger partial charge in [0.25, 0.3) is 0 Å². The van der Waals surface area contributed by atoms with Gasteiger partial charge >= 0.3 is 0 Å². The van der Waals surface area contributed by atoms with Crippen LogP contribution in [-0.2, 0) is 6.42 Å². The van der Waals surface area contributed by atoms with Crippen LogP contribution in [0, 0.1) is 0 Å². The van der Waals surface area contributed by atoms with Crippen LogP contribution in [-0.4, -0.2) is 25.7 Å². The first-order chi connectivity index (χ1) is 9.76. The van der Waals surface area contributed by atoms with Gasteiger partial charge in [0.1, 0.15) is 11.5 Å². The van der Waals surface area contributed by atoms with Crippen molar-refractivity contribution in [3.8, 4) is 11.5 Å². The van der Waals surface area contributed by atoms with Gasteiger partial charge in [0.05, 0.1) is 19.2 Å². The number of hydrogen-bond donors (Lipinski definition) is 1. The smallest absolute Gasteiger partial charge is 0.122 e. The van der Waals surface area contributed by atoms with Crippen molar-refractivity contribution < 1.29 is 9.47 Å². The first kappa shape index (κ1) is 14.8. The molecule has 1 atom stereocenters. The standard InChI is InChI=1S/C15H20N2O2S/c1-4-16-14(10-15-17-5-6-20-15)11-7-12(18-2)9-13(8-11)19-3/h5-9,14,16H,4,10H2,1-3H3. The third-order valence-corrected chi connectivity index (χ3v) is 3.89. The zero-order chi connectivity index (χ0) is 14.4. The summed E-state index contributed by atoms with van der Waals surface area (Å²) in [5.41, 5.74) is 1.15. The highest BCUT2D eigenvalue weighted by molar-refractivity contribution is 7.09. The molecule has 5 heteroatoms. The van der Waals surface area contributed by atoms with Gasteiger partial charge < -0.3 is 14.8 Å². The Bertz CT molecular complexity index is 506. The highest BCUT2D eigenvalue weighted by atomic mass is 32.1. The number of likely N-dealkylation sites (N-methyl/N-ethyl adjacent to an activating group) is 1. The fourth-order valence-electron chi connectivity index (χ4n) is 2.11. The Morgan fingerprint density at radius 2 is 1.90 bits per heavy atom. The Kier molecular flexibility index (Phi) is 5.38. The molecule has 0 amide bonds. The summed E-state index contributed by atoms with van der Waals surface area (Å²) in [5.74, 6) is 1.61. The van der Waals surface area contributed by atoms with Crippen molar-refractivity contribution in [2.24, 2.45) is 0 Å². The number of thiazole rings is 1. The Morgan fingerprint density at radius 1 is 1.20 bits per heavy atom. The zero-order valence-corrected chi connectivity index (χ0v) is 12.9. The summed E-state index contributed by atoms with van der Waals surface area (Å²) in [6, 6.07) is 6.18. The summed E-state index contributed by atoms with van der Waals surface area (Å²) in [5, 5.41) is 6.62. The molecule has 1 aromatic heterocycles. The molecule has 0 saturated carbocycles. The highest BCUT2D eigenvalue weighted by Gasteiger charge is 2.15. The van der Waals surface area contributed by atoms with Crippen LogP contribution < -0.4 is 14.8 Å². The van der Waals surface area contributed by atoms with E-state index in [4.69, 9.17) is 9.47 Å². The number of ether oxygens (including phenoxy) is 2. The number of rotatable bonds is 7. The second kappa shape index (κ2) is 7.26. The normalized spacial score (nSPS) is 12.2. The summed E-state index contributed by atoms with van der Waals surface area (Å²) >= 11 is 1.68. The monoisotopic (exact) mass is 292 g/mol. The Hall–Kier alpha value is -1.59. The molecule has 2 rings (SSSR count). The van der Waals surface area contributed by atoms with Gasteiger partial charge in [0, 0.05) is 30.1 Å². The van der Waals surface area contributed by atoms with Gasteiger partial charge in [-0.05, 0) is 24.2 Å². The summed E-state index contributed by atoms with van der Waals surface area (Å²) < 4.78 is 10.7. The summed E-state index contributed by atoms with van der Waals surface area (Å²) in [7, 11) is 3.34. The number of methoxy groups -OCH3 is 2. The molecule has 1 aromatic carbocycles. The first-order valence-electron chi connectivity index (χ1n) is 6.61. The highest BCUT2D eigenvalue weighted by Crippen LogP contribution is 2.28. The van der Waals surface area contributed by atoms with Gasteiger partial charge in [-0.15, -0.1) is 11.3 Å². The van der Waals surface area contributed by atoms with Crippen molar-refractivity contribution in [2.75, 3.05) is 20.8 Å². The molecule has 0 spiro atoms. The Balaban J connectivity index is 2.27. The number of aromatic nitrogens is 1. The molecule has 1 N–H and O–H groups in total. The lowest BCUT2D eigenvalue weighted by Crippen LogP contribution is -2.23. The Labute approximate surface area is 123 Å². The molecule has 0 radical (unpaired) electrons. The lowest BCUT2D eigenvalue weighted by Gasteiger charge is -2.19. The van der Waals surface area contributed by atoms with Gasteiger partial charge in [-0.25, -0.2) is 4.98 Å². The third kappa shape index (κ3) is 3.71. The number of nitrogens with zero attached hydrogens (tertiary/aromatic N) is 1. The predicted octanol–water partition coefficient (Wildman–Crippen LogP) is 3.05. The average molecular weight is 292 g/mol. The van der Waals surface area contributed by atoms with Crippen molar-refractivity contribution >= 4 is 11.3 Å². The van der Waals surface area contributed by atoms with Gasteiger partial charge in [0.15, 0.2) is 0 Å². The van der Waals surface area contributed by atoms with Crippen molar-refractivity contribution in [2.45, 2.75) is 19.4 Å². The second-order valence-corrected chi connectivity index (χ2v) is 5.37. The Morgan fingerprint density at radius 3 is 2.40 bits per heavy atom. The van der Waals surface area contributed by atoms with Gasteiger partial charge in [-0.2, -0.15) is 0 Å². The SMILES string of the molecule is CCNC(Cc1nccs1)c1cc(OC)cc(OC)c1. The minimum Gasteiger partial charge on any atom is -0.497 e. The molecular formula is C15H20N2O2S. The molecule has 2 aromatic rings. The quantitative estimate of drug-likeness (QED) is 0.852. The van der Waals surface area contributed by atoms with Crippen molar-refractivity contribution in [3.05, 3.63) is 40.3 Å². The van der Waals surface area contributed by atoms with Crippen LogP contribution in [0.25, 0.3) is 0 Å². The van der Waals surface area contributed by atoms with Crippen LogP contribution in [0.3, 0.4) is 0 Å². The maximum absolute atomic E-state index is 5.34. The third-order valence-electron chi connectivity index (χ3n) is 3.09. The first-order valence-corrected chi connectivity index (χ1v) is 7.49. The van der Waals surface area contributed by atoms with Crippen LogP contribution >= 0.6 is 11.3 Å². The minimum atomic E-state index is 0.204. The molecular weight excluding hydrogens is 272 g/mol. The van der Waals surface area contributed by atoms with Crippen LogP contribution in [0.15, 0.2) is 29.8 Å². The van der Waals surface area contributed by atoms with Crippen LogP contribution in [0.4, 0.5) is 0 Å². The van der Waals surface area contributed by atoms with E-state index in [0.29, 0.717) is 0 Å². The van der Waals surface area contributed by atoms with E-state index in [1.54, 1.807) is 25.6 Å². The number of nitrogens with one attached hydrogen (secondary N) is 1. The van der Waals surface area contributed by atoms with Crippen LogP contribution in [0.5, 0.6) is 11.5 Å². The molecule has 4 nitrogen and oxygen atoms in total. The van der Waals surface area contributed by atoms with E-state index in [-0.39, 0.29) is 6.04 Å². The molecule has 0 bridgehead atoms. The minimum absolute atomic E-state index is 0.204. The van der Waals surface area contributed by atoms with Crippen LogP contribution in [0.2, 0.25) is 0 Å². The molecule has 1 unspecified atom stereocenters. The summed E-state index contributed by atoms with van der Waals surface area (Å²) in [6.07, 6.45) is 2.71. The molecule has 108 valence electrons. The van der Waals surface area contributed by atoms with Gasteiger partial charge in [0.2, 0.25) is 0 Å². The second-order valence-electron chi connectivity index (χ2n) is 4.39. The lowest BCUT2D eigenvalue weighted by atomic mass is 10.0. The van der Waals surface area contributed by atoms with Gasteiger partial charge in [-0.3, -0.25) is 0 Å². The molecule has 0 aliphatic heterocycles. The molecule has 0 fully saturated rings. The maximum Gasteiger partial charge on any atom is 0.122 e. The molecule has 0 aliphatic rings. The predicted molar refractivity (Wildman–Crippen MR) is 81.8 cm³/mol. The van der Waals surface area contributed by atoms with E-state index >= 15 is 0 Å². The largest absolute Gasteiger partial charge is 0.497 e. The number of benzene rings is 1. The van der Waals surface area contributed by atoms with Crippen molar-refractivity contribution in [1.82, 2.24) is 10.3 Å². The van der Waals surface area contributed by atoms with E-state index in [2.05, 4.69) is 17.2 Å². The maximum atomic E-state index is 5.34. The summed E-state index contributed by atoms with van der Waals surface area (Å²) in [4.78, 5) is 4.36. The molecule has 20 heavy (non-hydrogen) atoms. The number of hydrogen-bond acceptors (Lipinski definition) is 5. The van der Waals surface area contributed by atoms with Crippen molar-refractivity contribution in [1.29, 1.82) is 0 Å². The van der Waals surface area contributed by atoms with Crippen molar-refractivity contribution in [3.63, 3.8) is 0 Å². The molecule has 0 aliphatic carbocycles. The fourth-order valence-corrected chi connectivity index (χ4v) is 2.78. The van der Waals surface area contributed by atoms with E-state index in [1.165, 1.54) is 0 Å². The van der Waals surface area contributed by atoms with E-state index in [0.717, 1.165) is 35.0 Å². The topological polar surface area (TPSA) is 43.4 Å². The average Bonchev–Trinajstić information content (AvgIpc) is 2.99. The lowest BCUT2D eigenvalue weighted by molar-refractivity contribution is 0.391. The van der Waals surface area contributed by atoms with E-state index in [1.807, 2.05) is 29.8 Å². The van der Waals surface area contributed by atoms with E-state index in [9.17, 15) is 0 Å². The fraction of sp³-hybridized carbons (Fsp3) is 0.400. The molecule has 1 heterocycles. The van der Waals surface area contributed by atoms with E-state index < -0.39 is 0 Å². The van der Waals surface area contributed by atoms with Gasteiger partial charge in [-0.1, -0.05) is 6.92 Å².